The second-order valence-electron chi connectivity index (χ2n) is 4.72. The van der Waals surface area contributed by atoms with E-state index in [1.165, 1.54) is 0 Å². The molecule has 21 heavy (non-hydrogen) atoms. The molecule has 0 bridgehead atoms. The minimum atomic E-state index is -4.80. The molecule has 1 atom stereocenters. The molecule has 1 aromatic rings. The van der Waals surface area contributed by atoms with Crippen LogP contribution < -0.4 is 4.72 Å². The predicted molar refractivity (Wildman–Crippen MR) is 70.6 cm³/mol. The van der Waals surface area contributed by atoms with Gasteiger partial charge in [0, 0.05) is 18.2 Å². The topological polar surface area (TPSA) is 55.4 Å². The number of hydrogen-bond donors (Lipinski definition) is 1. The zero-order valence-corrected chi connectivity index (χ0v) is 12.4. The van der Waals surface area contributed by atoms with E-state index in [1.807, 2.05) is 0 Å². The van der Waals surface area contributed by atoms with Gasteiger partial charge in [-0.1, -0.05) is 11.6 Å². The third-order valence-electron chi connectivity index (χ3n) is 3.12. The summed E-state index contributed by atoms with van der Waals surface area (Å²) >= 11 is 5.52. The Labute approximate surface area is 125 Å². The monoisotopic (exact) mass is 343 g/mol. The number of ether oxygens (including phenoxy) is 1. The maximum Gasteiger partial charge on any atom is 0.417 e. The molecule has 1 aromatic carbocycles. The Bertz CT molecular complexity index is 613. The molecule has 4 nitrogen and oxygen atoms in total. The summed E-state index contributed by atoms with van der Waals surface area (Å²) in [5, 5.41) is -0.175. The van der Waals surface area contributed by atoms with E-state index in [4.69, 9.17) is 16.3 Å². The maximum atomic E-state index is 12.9. The van der Waals surface area contributed by atoms with Gasteiger partial charge in [0.05, 0.1) is 17.1 Å². The van der Waals surface area contributed by atoms with Gasteiger partial charge in [-0.05, 0) is 30.5 Å². The fourth-order valence-corrected chi connectivity index (χ4v) is 3.50. The minimum Gasteiger partial charge on any atom is -0.381 e. The highest BCUT2D eigenvalue weighted by Gasteiger charge is 2.37. The van der Waals surface area contributed by atoms with Crippen molar-refractivity contribution < 1.29 is 26.3 Å². The summed E-state index contributed by atoms with van der Waals surface area (Å²) in [5.74, 6) is -0.0265. The SMILES string of the molecule is O=S(=O)(NCC1CCOC1)c1ccc(Cl)cc1C(F)(F)F. The first kappa shape index (κ1) is 16.5. The number of rotatable bonds is 4. The Kier molecular flexibility index (Phi) is 4.82. The van der Waals surface area contributed by atoms with Crippen LogP contribution in [0.15, 0.2) is 23.1 Å². The third-order valence-corrected chi connectivity index (χ3v) is 4.84. The molecule has 118 valence electrons. The summed E-state index contributed by atoms with van der Waals surface area (Å²) in [5.41, 5.74) is -1.27. The van der Waals surface area contributed by atoms with Crippen molar-refractivity contribution in [2.75, 3.05) is 19.8 Å². The molecule has 1 unspecified atom stereocenters. The van der Waals surface area contributed by atoms with E-state index in [0.717, 1.165) is 12.1 Å². The van der Waals surface area contributed by atoms with Crippen molar-refractivity contribution in [1.29, 1.82) is 0 Å². The molecule has 0 saturated carbocycles. The van der Waals surface area contributed by atoms with Crippen molar-refractivity contribution in [3.05, 3.63) is 28.8 Å². The summed E-state index contributed by atoms with van der Waals surface area (Å²) in [4.78, 5) is -0.821. The summed E-state index contributed by atoms with van der Waals surface area (Å²) in [6, 6.07) is 2.58. The van der Waals surface area contributed by atoms with E-state index < -0.39 is 26.7 Å². The summed E-state index contributed by atoms with van der Waals surface area (Å²) in [6.45, 7) is 0.971. The number of alkyl halides is 3. The normalized spacial score (nSPS) is 19.9. The van der Waals surface area contributed by atoms with E-state index >= 15 is 0 Å². The summed E-state index contributed by atoms with van der Waals surface area (Å²) in [7, 11) is -4.26. The van der Waals surface area contributed by atoms with E-state index in [9.17, 15) is 21.6 Å². The van der Waals surface area contributed by atoms with E-state index in [2.05, 4.69) is 4.72 Å². The van der Waals surface area contributed by atoms with Crippen LogP contribution in [0.1, 0.15) is 12.0 Å². The van der Waals surface area contributed by atoms with Gasteiger partial charge in [-0.3, -0.25) is 0 Å². The Hall–Kier alpha value is -0.830. The van der Waals surface area contributed by atoms with Crippen molar-refractivity contribution in [3.63, 3.8) is 0 Å². The third kappa shape index (κ3) is 4.09. The number of halogens is 4. The molecular formula is C12H13ClF3NO3S. The minimum absolute atomic E-state index is 0.0265. The molecule has 1 aliphatic heterocycles. The standard InChI is InChI=1S/C12H13ClF3NO3S/c13-9-1-2-11(10(5-9)12(14,15)16)21(18,19)17-6-8-3-4-20-7-8/h1-2,5,8,17H,3-4,6-7H2. The van der Waals surface area contributed by atoms with Gasteiger partial charge in [0.25, 0.3) is 0 Å². The molecular weight excluding hydrogens is 331 g/mol. The first-order chi connectivity index (χ1) is 9.70. The van der Waals surface area contributed by atoms with Crippen LogP contribution in [-0.2, 0) is 20.9 Å². The molecule has 0 radical (unpaired) electrons. The van der Waals surface area contributed by atoms with Crippen LogP contribution in [0.25, 0.3) is 0 Å². The van der Waals surface area contributed by atoms with Gasteiger partial charge in [-0.15, -0.1) is 0 Å². The van der Waals surface area contributed by atoms with Crippen molar-refractivity contribution in [2.24, 2.45) is 5.92 Å². The molecule has 0 amide bonds. The molecule has 1 saturated heterocycles. The van der Waals surface area contributed by atoms with Crippen LogP contribution in [-0.4, -0.2) is 28.2 Å². The molecule has 9 heteroatoms. The highest BCUT2D eigenvalue weighted by Crippen LogP contribution is 2.35. The fraction of sp³-hybridized carbons (Fsp3) is 0.500. The second-order valence-corrected chi connectivity index (χ2v) is 6.89. The molecule has 0 aliphatic carbocycles. The average molecular weight is 344 g/mol. The Morgan fingerprint density at radius 2 is 2.10 bits per heavy atom. The van der Waals surface area contributed by atoms with Gasteiger partial charge >= 0.3 is 6.18 Å². The average Bonchev–Trinajstić information content (AvgIpc) is 2.88. The van der Waals surface area contributed by atoms with Crippen LogP contribution in [0.2, 0.25) is 5.02 Å². The maximum absolute atomic E-state index is 12.9. The molecule has 1 aliphatic rings. The first-order valence-electron chi connectivity index (χ1n) is 6.14. The second kappa shape index (κ2) is 6.12. The van der Waals surface area contributed by atoms with Gasteiger partial charge in [-0.2, -0.15) is 13.2 Å². The lowest BCUT2D eigenvalue weighted by Crippen LogP contribution is -2.31. The Morgan fingerprint density at radius 1 is 1.38 bits per heavy atom. The van der Waals surface area contributed by atoms with E-state index in [-0.39, 0.29) is 17.5 Å². The predicted octanol–water partition coefficient (Wildman–Crippen LogP) is 2.67. The quantitative estimate of drug-likeness (QED) is 0.914. The van der Waals surface area contributed by atoms with Crippen LogP contribution >= 0.6 is 11.6 Å². The number of hydrogen-bond acceptors (Lipinski definition) is 3. The van der Waals surface area contributed by atoms with Crippen LogP contribution in [0.3, 0.4) is 0 Å². The number of benzene rings is 1. The highest BCUT2D eigenvalue weighted by atomic mass is 35.5. The lowest BCUT2D eigenvalue weighted by Gasteiger charge is -2.15. The molecule has 2 rings (SSSR count). The van der Waals surface area contributed by atoms with Gasteiger partial charge in [-0.25, -0.2) is 13.1 Å². The molecule has 0 aromatic heterocycles. The van der Waals surface area contributed by atoms with Gasteiger partial charge in [0.1, 0.15) is 0 Å². The van der Waals surface area contributed by atoms with Crippen molar-refractivity contribution in [2.45, 2.75) is 17.5 Å². The van der Waals surface area contributed by atoms with Crippen LogP contribution in [0, 0.1) is 5.92 Å². The summed E-state index contributed by atoms with van der Waals surface area (Å²) in [6.07, 6.45) is -4.12. The largest absolute Gasteiger partial charge is 0.417 e. The van der Waals surface area contributed by atoms with Crippen LogP contribution in [0.4, 0.5) is 13.2 Å². The lowest BCUT2D eigenvalue weighted by molar-refractivity contribution is -0.139. The van der Waals surface area contributed by atoms with Crippen molar-refractivity contribution in [1.82, 2.24) is 4.72 Å². The van der Waals surface area contributed by atoms with Crippen molar-refractivity contribution >= 4 is 21.6 Å². The van der Waals surface area contributed by atoms with Crippen LogP contribution in [0.5, 0.6) is 0 Å². The van der Waals surface area contributed by atoms with E-state index in [0.29, 0.717) is 25.7 Å². The molecule has 0 spiro atoms. The van der Waals surface area contributed by atoms with Gasteiger partial charge in [0.15, 0.2) is 0 Å². The van der Waals surface area contributed by atoms with Gasteiger partial charge < -0.3 is 4.74 Å². The molecule has 1 heterocycles. The van der Waals surface area contributed by atoms with Crippen molar-refractivity contribution in [3.8, 4) is 0 Å². The first-order valence-corrected chi connectivity index (χ1v) is 8.00. The highest BCUT2D eigenvalue weighted by molar-refractivity contribution is 7.89. The fourth-order valence-electron chi connectivity index (χ4n) is 2.01. The molecule has 1 N–H and O–H groups in total. The lowest BCUT2D eigenvalue weighted by atomic mass is 10.1. The number of sulfonamides is 1. The van der Waals surface area contributed by atoms with E-state index in [1.54, 1.807) is 0 Å². The van der Waals surface area contributed by atoms with Gasteiger partial charge in [0.2, 0.25) is 10.0 Å². The smallest absolute Gasteiger partial charge is 0.381 e. The summed E-state index contributed by atoms with van der Waals surface area (Å²) < 4.78 is 70.2. The Morgan fingerprint density at radius 3 is 2.67 bits per heavy atom. The zero-order valence-electron chi connectivity index (χ0n) is 10.8. The zero-order chi connectivity index (χ0) is 15.7. The number of nitrogens with one attached hydrogen (secondary N) is 1. The molecule has 1 fully saturated rings. The Balaban J connectivity index is 2.26.